The van der Waals surface area contributed by atoms with Gasteiger partial charge >= 0.3 is 0 Å². The molecule has 2 amide bonds. The Morgan fingerprint density at radius 2 is 1.62 bits per heavy atom. The van der Waals surface area contributed by atoms with Crippen molar-refractivity contribution in [3.8, 4) is 0 Å². The minimum Gasteiger partial charge on any atom is -0.369 e. The molecule has 0 spiro atoms. The van der Waals surface area contributed by atoms with Gasteiger partial charge in [0.05, 0.1) is 4.90 Å². The molecule has 2 aliphatic rings. The lowest BCUT2D eigenvalue weighted by Crippen LogP contribution is -2.54. The van der Waals surface area contributed by atoms with E-state index in [4.69, 9.17) is 17.3 Å². The van der Waals surface area contributed by atoms with E-state index < -0.39 is 14.6 Å². The van der Waals surface area contributed by atoms with E-state index in [1.165, 1.54) is 24.3 Å². The van der Waals surface area contributed by atoms with Gasteiger partial charge in [0.2, 0.25) is 11.8 Å². The van der Waals surface area contributed by atoms with Crippen molar-refractivity contribution < 1.29 is 18.0 Å². The minimum absolute atomic E-state index is 0.129. The lowest BCUT2D eigenvalue weighted by Gasteiger charge is -2.37. The van der Waals surface area contributed by atoms with Crippen LogP contribution in [0.3, 0.4) is 0 Å². The summed E-state index contributed by atoms with van der Waals surface area (Å²) in [5.74, 6) is -0.944. The third kappa shape index (κ3) is 3.22. The van der Waals surface area contributed by atoms with E-state index in [0.29, 0.717) is 56.6 Å². The van der Waals surface area contributed by atoms with Gasteiger partial charge in [0, 0.05) is 24.0 Å². The summed E-state index contributed by atoms with van der Waals surface area (Å²) < 4.78 is 25.3. The summed E-state index contributed by atoms with van der Waals surface area (Å²) in [4.78, 5) is 26.3. The molecular weight excluding hydrogens is 376 g/mol. The molecule has 1 aromatic carbocycles. The minimum atomic E-state index is -3.84. The zero-order chi connectivity index (χ0) is 18.9. The number of carbonyl (C=O) groups is 2. The number of amides is 2. The topological polar surface area (TPSA) is 97.5 Å². The van der Waals surface area contributed by atoms with E-state index in [2.05, 4.69) is 0 Å². The Bertz CT molecular complexity index is 793. The predicted octanol–water partition coefficient (Wildman–Crippen LogP) is 2.15. The molecule has 142 valence electrons. The summed E-state index contributed by atoms with van der Waals surface area (Å²) >= 11 is 5.87. The molecule has 26 heavy (non-hydrogen) atoms. The standard InChI is InChI=1S/C18H23ClN2O4S/c19-14-3-5-15(6-4-14)26(24,25)18(9-1-2-10-18)17(23)21-11-7-13(8-12-21)16(20)22/h3-6,13H,1-2,7-12H2,(H2,20,22). The highest BCUT2D eigenvalue weighted by Crippen LogP contribution is 2.42. The largest absolute Gasteiger partial charge is 0.369 e. The van der Waals surface area contributed by atoms with Gasteiger partial charge in [-0.1, -0.05) is 24.4 Å². The first-order valence-corrected chi connectivity index (χ1v) is 10.7. The van der Waals surface area contributed by atoms with Crippen molar-refractivity contribution in [3.05, 3.63) is 29.3 Å². The molecule has 1 heterocycles. The monoisotopic (exact) mass is 398 g/mol. The van der Waals surface area contributed by atoms with Crippen molar-refractivity contribution >= 4 is 33.3 Å². The lowest BCUT2D eigenvalue weighted by atomic mass is 9.94. The average Bonchev–Trinajstić information content (AvgIpc) is 3.13. The maximum atomic E-state index is 13.4. The normalized spacial score (nSPS) is 20.9. The Hall–Kier alpha value is -1.60. The Kier molecular flexibility index (Phi) is 5.30. The summed E-state index contributed by atoms with van der Waals surface area (Å²) in [7, 11) is -3.84. The molecular formula is C18H23ClN2O4S. The van der Waals surface area contributed by atoms with Crippen molar-refractivity contribution in [3.63, 3.8) is 0 Å². The molecule has 6 nitrogen and oxygen atoms in total. The van der Waals surface area contributed by atoms with Gasteiger partial charge in [-0.05, 0) is 49.9 Å². The fourth-order valence-electron chi connectivity index (χ4n) is 4.04. The second-order valence-electron chi connectivity index (χ2n) is 7.13. The van der Waals surface area contributed by atoms with Crippen LogP contribution in [0, 0.1) is 5.92 Å². The summed E-state index contributed by atoms with van der Waals surface area (Å²) in [6, 6.07) is 5.98. The molecule has 1 aliphatic carbocycles. The third-order valence-electron chi connectivity index (χ3n) is 5.62. The maximum absolute atomic E-state index is 13.4. The van der Waals surface area contributed by atoms with Crippen LogP contribution in [-0.2, 0) is 19.4 Å². The zero-order valence-corrected chi connectivity index (χ0v) is 16.1. The van der Waals surface area contributed by atoms with Gasteiger partial charge in [-0.3, -0.25) is 9.59 Å². The number of hydrogen-bond acceptors (Lipinski definition) is 4. The maximum Gasteiger partial charge on any atom is 0.244 e. The van der Waals surface area contributed by atoms with Crippen LogP contribution in [0.2, 0.25) is 5.02 Å². The average molecular weight is 399 g/mol. The molecule has 0 atom stereocenters. The Labute approximate surface area is 158 Å². The van der Waals surface area contributed by atoms with Gasteiger partial charge in [-0.25, -0.2) is 8.42 Å². The summed E-state index contributed by atoms with van der Waals surface area (Å²) in [5, 5.41) is 0.448. The number of halogens is 1. The molecule has 3 rings (SSSR count). The molecule has 0 aromatic heterocycles. The molecule has 1 saturated heterocycles. The van der Waals surface area contributed by atoms with Gasteiger partial charge in [0.15, 0.2) is 14.6 Å². The number of nitrogens with zero attached hydrogens (tertiary/aromatic N) is 1. The molecule has 1 aromatic rings. The van der Waals surface area contributed by atoms with Crippen LogP contribution < -0.4 is 5.73 Å². The van der Waals surface area contributed by atoms with Crippen LogP contribution in [0.1, 0.15) is 38.5 Å². The van der Waals surface area contributed by atoms with Gasteiger partial charge in [-0.2, -0.15) is 0 Å². The molecule has 0 radical (unpaired) electrons. The number of nitrogens with two attached hydrogens (primary N) is 1. The smallest absolute Gasteiger partial charge is 0.244 e. The number of benzene rings is 1. The van der Waals surface area contributed by atoms with Crippen LogP contribution >= 0.6 is 11.6 Å². The van der Waals surface area contributed by atoms with E-state index in [1.54, 1.807) is 4.90 Å². The van der Waals surface area contributed by atoms with Crippen LogP contribution in [0.5, 0.6) is 0 Å². The SMILES string of the molecule is NC(=O)C1CCN(C(=O)C2(S(=O)(=O)c3ccc(Cl)cc3)CCCC2)CC1. The first kappa shape index (κ1) is 19.2. The number of primary amides is 1. The summed E-state index contributed by atoms with van der Waals surface area (Å²) in [6.45, 7) is 0.731. The summed E-state index contributed by atoms with van der Waals surface area (Å²) in [6.07, 6.45) is 3.03. The Morgan fingerprint density at radius 3 is 2.12 bits per heavy atom. The van der Waals surface area contributed by atoms with Crippen LogP contribution in [0.4, 0.5) is 0 Å². The molecule has 2 N–H and O–H groups in total. The third-order valence-corrected chi connectivity index (χ3v) is 8.38. The molecule has 0 unspecified atom stereocenters. The van der Waals surface area contributed by atoms with E-state index in [0.717, 1.165) is 0 Å². The van der Waals surface area contributed by atoms with Crippen molar-refractivity contribution in [2.75, 3.05) is 13.1 Å². The Balaban J connectivity index is 1.89. The molecule has 0 bridgehead atoms. The quantitative estimate of drug-likeness (QED) is 0.840. The van der Waals surface area contributed by atoms with Crippen molar-refractivity contribution in [1.82, 2.24) is 4.90 Å². The summed E-state index contributed by atoms with van der Waals surface area (Å²) in [5.41, 5.74) is 5.35. The van der Waals surface area contributed by atoms with E-state index in [9.17, 15) is 18.0 Å². The molecule has 8 heteroatoms. The highest BCUT2D eigenvalue weighted by atomic mass is 35.5. The number of piperidine rings is 1. The van der Waals surface area contributed by atoms with E-state index >= 15 is 0 Å². The van der Waals surface area contributed by atoms with Crippen LogP contribution in [0.25, 0.3) is 0 Å². The van der Waals surface area contributed by atoms with Gasteiger partial charge in [-0.15, -0.1) is 0 Å². The van der Waals surface area contributed by atoms with Crippen LogP contribution in [0.15, 0.2) is 29.2 Å². The van der Waals surface area contributed by atoms with Crippen molar-refractivity contribution in [2.24, 2.45) is 11.7 Å². The number of sulfone groups is 1. The van der Waals surface area contributed by atoms with E-state index in [-0.39, 0.29) is 22.6 Å². The van der Waals surface area contributed by atoms with Crippen molar-refractivity contribution in [2.45, 2.75) is 48.2 Å². The highest BCUT2D eigenvalue weighted by Gasteiger charge is 2.54. The fraction of sp³-hybridized carbons (Fsp3) is 0.556. The van der Waals surface area contributed by atoms with Gasteiger partial charge in [0.25, 0.3) is 0 Å². The first-order chi connectivity index (χ1) is 12.3. The molecule has 2 fully saturated rings. The molecule has 1 saturated carbocycles. The first-order valence-electron chi connectivity index (χ1n) is 8.87. The Morgan fingerprint density at radius 1 is 1.08 bits per heavy atom. The van der Waals surface area contributed by atoms with Crippen LogP contribution in [-0.4, -0.2) is 43.0 Å². The number of rotatable bonds is 4. The lowest BCUT2D eigenvalue weighted by molar-refractivity contribution is -0.137. The van der Waals surface area contributed by atoms with Crippen molar-refractivity contribution in [1.29, 1.82) is 0 Å². The number of carbonyl (C=O) groups excluding carboxylic acids is 2. The highest BCUT2D eigenvalue weighted by molar-refractivity contribution is 7.93. The predicted molar refractivity (Wildman–Crippen MR) is 98.3 cm³/mol. The van der Waals surface area contributed by atoms with Gasteiger partial charge in [0.1, 0.15) is 0 Å². The number of likely N-dealkylation sites (tertiary alicyclic amines) is 1. The van der Waals surface area contributed by atoms with Gasteiger partial charge < -0.3 is 10.6 Å². The zero-order valence-electron chi connectivity index (χ0n) is 14.5. The van der Waals surface area contributed by atoms with E-state index in [1.807, 2.05) is 0 Å². The fourth-order valence-corrected chi connectivity index (χ4v) is 6.29. The molecule has 1 aliphatic heterocycles. The second-order valence-corrected chi connectivity index (χ2v) is 9.82. The second kappa shape index (κ2) is 7.19. The number of hydrogen-bond donors (Lipinski definition) is 1.